The summed E-state index contributed by atoms with van der Waals surface area (Å²) in [4.78, 5) is 10.4. The van der Waals surface area contributed by atoms with E-state index in [9.17, 15) is 15.2 Å². The number of nitrogens with zero attached hydrogens (tertiary/aromatic N) is 4. The van der Waals surface area contributed by atoms with Crippen molar-refractivity contribution in [2.24, 2.45) is 0 Å². The molecule has 1 aliphatic heterocycles. The second-order valence-electron chi connectivity index (χ2n) is 3.94. The number of hydrogen-bond donors (Lipinski definition) is 2. The molecule has 0 spiro atoms. The van der Waals surface area contributed by atoms with Crippen molar-refractivity contribution in [1.29, 1.82) is 0 Å². The van der Waals surface area contributed by atoms with Crippen molar-refractivity contribution in [2.45, 2.75) is 0 Å². The van der Waals surface area contributed by atoms with Crippen molar-refractivity contribution in [3.63, 3.8) is 0 Å². The van der Waals surface area contributed by atoms with Gasteiger partial charge in [0.25, 0.3) is 0 Å². The van der Waals surface area contributed by atoms with Gasteiger partial charge in [-0.15, -0.1) is 5.10 Å². The molecule has 9 nitrogen and oxygen atoms in total. The number of tetrazole rings is 1. The van der Waals surface area contributed by atoms with Crippen LogP contribution in [0, 0.1) is 10.1 Å². The molecular formula is C10H6BrN5O4. The molecule has 3 rings (SSSR count). The molecule has 2 aromatic rings. The monoisotopic (exact) mass is 339 g/mol. The van der Waals surface area contributed by atoms with Crippen molar-refractivity contribution < 1.29 is 14.8 Å². The van der Waals surface area contributed by atoms with Gasteiger partial charge in [0.15, 0.2) is 5.82 Å². The molecule has 2 N–H and O–H groups in total. The maximum atomic E-state index is 11.0. The molecule has 0 fully saturated rings. The zero-order chi connectivity index (χ0) is 14.3. The maximum absolute atomic E-state index is 11.0. The van der Waals surface area contributed by atoms with E-state index >= 15 is 0 Å². The summed E-state index contributed by atoms with van der Waals surface area (Å²) >= 11 is 3.07. The van der Waals surface area contributed by atoms with Gasteiger partial charge in [-0.2, -0.15) is 0 Å². The van der Waals surface area contributed by atoms with Gasteiger partial charge in [0, 0.05) is 11.1 Å². The summed E-state index contributed by atoms with van der Waals surface area (Å²) in [7, 11) is 0. The van der Waals surface area contributed by atoms with E-state index in [1.807, 2.05) is 0 Å². The molecule has 1 aliphatic rings. The van der Waals surface area contributed by atoms with Crippen LogP contribution >= 0.6 is 15.9 Å². The summed E-state index contributed by atoms with van der Waals surface area (Å²) in [5.74, 6) is -0.0265. The van der Waals surface area contributed by atoms with E-state index < -0.39 is 16.4 Å². The molecule has 0 atom stereocenters. The lowest BCUT2D eigenvalue weighted by atomic mass is 10.1. The van der Waals surface area contributed by atoms with Crippen molar-refractivity contribution in [1.82, 2.24) is 20.6 Å². The van der Waals surface area contributed by atoms with Crippen LogP contribution < -0.4 is 4.74 Å². The molecule has 20 heavy (non-hydrogen) atoms. The topological polar surface area (TPSA) is 127 Å². The van der Waals surface area contributed by atoms with Crippen LogP contribution in [0.15, 0.2) is 10.5 Å². The number of nitro benzene ring substituents is 1. The van der Waals surface area contributed by atoms with Crippen LogP contribution in [0.2, 0.25) is 0 Å². The number of rotatable bonds is 2. The van der Waals surface area contributed by atoms with E-state index in [0.717, 1.165) is 0 Å². The highest BCUT2D eigenvalue weighted by Crippen LogP contribution is 2.46. The lowest BCUT2D eigenvalue weighted by Crippen LogP contribution is -2.10. The lowest BCUT2D eigenvalue weighted by molar-refractivity contribution is -0.386. The third-order valence-corrected chi connectivity index (χ3v) is 3.35. The molecule has 0 radical (unpaired) electrons. The molecule has 0 unspecified atom stereocenters. The van der Waals surface area contributed by atoms with Crippen LogP contribution in [0.25, 0.3) is 11.6 Å². The molecule has 10 heteroatoms. The maximum Gasteiger partial charge on any atom is 0.353 e. The minimum absolute atomic E-state index is 0.0203. The van der Waals surface area contributed by atoms with Crippen molar-refractivity contribution in [2.75, 3.05) is 6.61 Å². The number of aromatic amines is 1. The number of H-pyrrole nitrogens is 1. The van der Waals surface area contributed by atoms with Gasteiger partial charge in [0.1, 0.15) is 6.61 Å². The number of hydrogen-bond acceptors (Lipinski definition) is 7. The van der Waals surface area contributed by atoms with Gasteiger partial charge >= 0.3 is 5.69 Å². The van der Waals surface area contributed by atoms with Crippen LogP contribution in [-0.2, 0) is 0 Å². The first-order chi connectivity index (χ1) is 9.58. The molecule has 1 aromatic heterocycles. The zero-order valence-electron chi connectivity index (χ0n) is 9.70. The smallest absolute Gasteiger partial charge is 0.353 e. The van der Waals surface area contributed by atoms with Crippen LogP contribution in [0.3, 0.4) is 0 Å². The molecule has 1 aromatic carbocycles. The fourth-order valence-corrected chi connectivity index (χ4v) is 2.30. The number of fused-ring (bicyclic) bond motifs is 1. The van der Waals surface area contributed by atoms with E-state index in [-0.39, 0.29) is 16.8 Å². The van der Waals surface area contributed by atoms with Gasteiger partial charge < -0.3 is 9.84 Å². The fraction of sp³-hybridized carbons (Fsp3) is 0.100. The number of halogens is 1. The van der Waals surface area contributed by atoms with E-state index in [0.29, 0.717) is 17.0 Å². The highest BCUT2D eigenvalue weighted by molar-refractivity contribution is 9.10. The number of aromatic hydroxyl groups is 1. The Bertz CT molecular complexity index is 728. The van der Waals surface area contributed by atoms with E-state index in [1.165, 1.54) is 6.07 Å². The number of nitrogens with one attached hydrogen (secondary N) is 1. The predicted molar refractivity (Wildman–Crippen MR) is 70.0 cm³/mol. The lowest BCUT2D eigenvalue weighted by Gasteiger charge is -2.17. The number of benzene rings is 1. The molecule has 0 amide bonds. The zero-order valence-corrected chi connectivity index (χ0v) is 11.3. The fourth-order valence-electron chi connectivity index (χ4n) is 1.87. The quantitative estimate of drug-likeness (QED) is 0.626. The number of nitro groups is 1. The van der Waals surface area contributed by atoms with Gasteiger partial charge in [0.2, 0.25) is 11.5 Å². The highest BCUT2D eigenvalue weighted by Gasteiger charge is 2.30. The minimum Gasteiger partial charge on any atom is -0.501 e. The predicted octanol–water partition coefficient (Wildman–Crippen LogP) is 1.51. The Kier molecular flexibility index (Phi) is 2.86. The Morgan fingerprint density at radius 1 is 1.55 bits per heavy atom. The first kappa shape index (κ1) is 12.5. The molecule has 0 aliphatic carbocycles. The van der Waals surface area contributed by atoms with E-state index in [4.69, 9.17) is 4.74 Å². The highest BCUT2D eigenvalue weighted by atomic mass is 79.9. The van der Waals surface area contributed by atoms with E-state index in [1.54, 1.807) is 6.08 Å². The second-order valence-corrected chi connectivity index (χ2v) is 4.79. The van der Waals surface area contributed by atoms with Crippen LogP contribution in [-0.4, -0.2) is 37.3 Å². The first-order valence-corrected chi connectivity index (χ1v) is 6.14. The minimum atomic E-state index is -0.687. The number of ether oxygens (including phenoxy) is 1. The van der Waals surface area contributed by atoms with Gasteiger partial charge in [-0.25, -0.2) is 5.10 Å². The summed E-state index contributed by atoms with van der Waals surface area (Å²) in [5.41, 5.74) is 0.633. The number of aromatic nitrogens is 4. The molecule has 0 bridgehead atoms. The van der Waals surface area contributed by atoms with Crippen molar-refractivity contribution >= 4 is 33.3 Å². The van der Waals surface area contributed by atoms with Crippen LogP contribution in [0.1, 0.15) is 11.4 Å². The largest absolute Gasteiger partial charge is 0.501 e. The van der Waals surface area contributed by atoms with Gasteiger partial charge in [-0.3, -0.25) is 10.1 Å². The average molecular weight is 340 g/mol. The Labute approximate surface area is 119 Å². The average Bonchev–Trinajstić information content (AvgIpc) is 2.93. The number of phenolic OH excluding ortho intramolecular Hbond substituents is 1. The van der Waals surface area contributed by atoms with Gasteiger partial charge in [0.05, 0.1) is 9.40 Å². The Balaban J connectivity index is 2.18. The van der Waals surface area contributed by atoms with Gasteiger partial charge in [-0.1, -0.05) is 0 Å². The van der Waals surface area contributed by atoms with Crippen LogP contribution in [0.4, 0.5) is 5.69 Å². The van der Waals surface area contributed by atoms with Crippen molar-refractivity contribution in [3.05, 3.63) is 32.0 Å². The standard InChI is InChI=1S/C10H6BrN5O4/c11-6-2-4-1-5(10-12-14-15-13-10)3-20-9(4)7(8(6)17)16(18)19/h1-2,17H,3H2,(H,12,13,14,15). The Morgan fingerprint density at radius 3 is 3.00 bits per heavy atom. The Morgan fingerprint density at radius 2 is 2.35 bits per heavy atom. The Hall–Kier alpha value is -2.49. The van der Waals surface area contributed by atoms with Crippen LogP contribution in [0.5, 0.6) is 11.5 Å². The molecule has 0 saturated heterocycles. The van der Waals surface area contributed by atoms with Crippen molar-refractivity contribution in [3.8, 4) is 11.5 Å². The molecule has 0 saturated carbocycles. The summed E-state index contributed by atoms with van der Waals surface area (Å²) < 4.78 is 5.59. The summed E-state index contributed by atoms with van der Waals surface area (Å²) in [5, 5.41) is 34.0. The van der Waals surface area contributed by atoms with E-state index in [2.05, 4.69) is 36.6 Å². The third kappa shape index (κ3) is 1.90. The van der Waals surface area contributed by atoms with Gasteiger partial charge in [-0.05, 0) is 38.5 Å². The normalized spacial score (nSPS) is 13.3. The SMILES string of the molecule is O=[N+]([O-])c1c(O)c(Br)cc2c1OCC(c1nnn[nH]1)=C2. The number of phenols is 1. The summed E-state index contributed by atoms with van der Waals surface area (Å²) in [6.45, 7) is 0.0613. The third-order valence-electron chi connectivity index (χ3n) is 2.74. The second kappa shape index (κ2) is 4.56. The molecule has 2 heterocycles. The summed E-state index contributed by atoms with van der Waals surface area (Å²) in [6.07, 6.45) is 1.66. The first-order valence-electron chi connectivity index (χ1n) is 5.35. The molecule has 102 valence electrons. The summed E-state index contributed by atoms with van der Waals surface area (Å²) in [6, 6.07) is 1.53. The molecular weight excluding hydrogens is 334 g/mol.